The normalized spacial score (nSPS) is 20.9. The molecule has 5 heteroatoms. The molecule has 1 aromatic rings. The summed E-state index contributed by atoms with van der Waals surface area (Å²) in [4.78, 5) is 2.48. The number of rotatable bonds is 3. The van der Waals surface area contributed by atoms with Crippen molar-refractivity contribution in [2.45, 2.75) is 33.0 Å². The molecule has 0 radical (unpaired) electrons. The summed E-state index contributed by atoms with van der Waals surface area (Å²) in [7, 11) is 0. The Morgan fingerprint density at radius 2 is 2.17 bits per heavy atom. The van der Waals surface area contributed by atoms with E-state index in [0.717, 1.165) is 58.9 Å². The van der Waals surface area contributed by atoms with Crippen LogP contribution in [0.1, 0.15) is 23.9 Å². The van der Waals surface area contributed by atoms with Crippen LogP contribution in [0.25, 0.3) is 0 Å². The molecule has 0 saturated carbocycles. The molecule has 2 aliphatic rings. The minimum absolute atomic E-state index is 0.747. The molecule has 0 aromatic carbocycles. The fraction of sp³-hybridized carbons (Fsp3) is 0.769. The van der Waals surface area contributed by atoms with Crippen LogP contribution in [-0.2, 0) is 30.9 Å². The average Bonchev–Trinajstić information content (AvgIpc) is 2.78. The van der Waals surface area contributed by atoms with Crippen LogP contribution in [0.4, 0.5) is 0 Å². The van der Waals surface area contributed by atoms with Gasteiger partial charge in [0, 0.05) is 56.9 Å². The minimum atomic E-state index is 0.747. The highest BCUT2D eigenvalue weighted by molar-refractivity contribution is 5.27. The summed E-state index contributed by atoms with van der Waals surface area (Å²) >= 11 is 0. The van der Waals surface area contributed by atoms with Gasteiger partial charge >= 0.3 is 0 Å². The summed E-state index contributed by atoms with van der Waals surface area (Å²) in [5.74, 6) is 0. The molecule has 3 heterocycles. The summed E-state index contributed by atoms with van der Waals surface area (Å²) < 4.78 is 7.76. The molecular weight excluding hydrogens is 228 g/mol. The average molecular weight is 250 g/mol. The van der Waals surface area contributed by atoms with Crippen LogP contribution in [0.15, 0.2) is 0 Å². The molecule has 2 aliphatic heterocycles. The zero-order valence-electron chi connectivity index (χ0n) is 11.1. The van der Waals surface area contributed by atoms with Crippen molar-refractivity contribution in [3.63, 3.8) is 0 Å². The fourth-order valence-electron chi connectivity index (χ4n) is 2.85. The summed E-state index contributed by atoms with van der Waals surface area (Å²) in [6.07, 6.45) is 1.01. The van der Waals surface area contributed by atoms with E-state index in [2.05, 4.69) is 21.8 Å². The Balaban J connectivity index is 1.80. The summed E-state index contributed by atoms with van der Waals surface area (Å²) in [5.41, 5.74) is 3.98. The fourth-order valence-corrected chi connectivity index (χ4v) is 2.85. The van der Waals surface area contributed by atoms with Gasteiger partial charge in [0.15, 0.2) is 0 Å². The van der Waals surface area contributed by atoms with Crippen LogP contribution in [0.5, 0.6) is 0 Å². The topological polar surface area (TPSA) is 42.3 Å². The molecular formula is C13H22N4O. The third kappa shape index (κ3) is 2.30. The lowest BCUT2D eigenvalue weighted by atomic mass is 10.1. The van der Waals surface area contributed by atoms with E-state index in [4.69, 9.17) is 9.84 Å². The van der Waals surface area contributed by atoms with Crippen LogP contribution in [0.2, 0.25) is 0 Å². The Labute approximate surface area is 108 Å². The first-order valence-electron chi connectivity index (χ1n) is 6.96. The van der Waals surface area contributed by atoms with Gasteiger partial charge in [-0.2, -0.15) is 5.10 Å². The van der Waals surface area contributed by atoms with Gasteiger partial charge in [0.25, 0.3) is 0 Å². The Bertz CT molecular complexity index is 409. The maximum atomic E-state index is 5.60. The van der Waals surface area contributed by atoms with Gasteiger partial charge in [0.1, 0.15) is 0 Å². The van der Waals surface area contributed by atoms with E-state index in [1.54, 1.807) is 0 Å². The zero-order valence-corrected chi connectivity index (χ0v) is 11.1. The molecule has 0 bridgehead atoms. The number of fused-ring (bicyclic) bond motifs is 1. The molecule has 5 nitrogen and oxygen atoms in total. The Morgan fingerprint density at radius 1 is 1.33 bits per heavy atom. The quantitative estimate of drug-likeness (QED) is 0.842. The predicted molar refractivity (Wildman–Crippen MR) is 69.4 cm³/mol. The SMILES string of the molecule is CCn1nc(CN2CCNCC2)c2c1CCOC2. The largest absolute Gasteiger partial charge is 0.376 e. The van der Waals surface area contributed by atoms with Gasteiger partial charge in [-0.25, -0.2) is 0 Å². The van der Waals surface area contributed by atoms with E-state index in [-0.39, 0.29) is 0 Å². The molecule has 1 saturated heterocycles. The molecule has 0 unspecified atom stereocenters. The van der Waals surface area contributed by atoms with Crippen LogP contribution in [-0.4, -0.2) is 47.5 Å². The second-order valence-corrected chi connectivity index (χ2v) is 5.02. The first-order valence-corrected chi connectivity index (χ1v) is 6.96. The highest BCUT2D eigenvalue weighted by Crippen LogP contribution is 2.22. The lowest BCUT2D eigenvalue weighted by Gasteiger charge is -2.26. The van der Waals surface area contributed by atoms with Gasteiger partial charge in [-0.3, -0.25) is 9.58 Å². The predicted octanol–water partition coefficient (Wildman–Crippen LogP) is 0.381. The van der Waals surface area contributed by atoms with Crippen molar-refractivity contribution in [3.8, 4) is 0 Å². The van der Waals surface area contributed by atoms with Crippen LogP contribution in [0, 0.1) is 0 Å². The Kier molecular flexibility index (Phi) is 3.63. The number of hydrogen-bond donors (Lipinski definition) is 1. The minimum Gasteiger partial charge on any atom is -0.376 e. The maximum absolute atomic E-state index is 5.60. The Morgan fingerprint density at radius 3 is 2.94 bits per heavy atom. The first kappa shape index (κ1) is 12.1. The number of aryl methyl sites for hydroxylation is 1. The number of ether oxygens (including phenoxy) is 1. The maximum Gasteiger partial charge on any atom is 0.0822 e. The highest BCUT2D eigenvalue weighted by Gasteiger charge is 2.22. The van der Waals surface area contributed by atoms with E-state index < -0.39 is 0 Å². The second-order valence-electron chi connectivity index (χ2n) is 5.02. The van der Waals surface area contributed by atoms with E-state index >= 15 is 0 Å². The smallest absolute Gasteiger partial charge is 0.0822 e. The van der Waals surface area contributed by atoms with Crippen molar-refractivity contribution < 1.29 is 4.74 Å². The second kappa shape index (κ2) is 5.38. The molecule has 0 amide bonds. The van der Waals surface area contributed by atoms with Gasteiger partial charge in [-0.1, -0.05) is 0 Å². The van der Waals surface area contributed by atoms with Crippen molar-refractivity contribution >= 4 is 0 Å². The Hall–Kier alpha value is -0.910. The van der Waals surface area contributed by atoms with E-state index in [0.29, 0.717) is 0 Å². The monoisotopic (exact) mass is 250 g/mol. The number of piperazine rings is 1. The molecule has 1 fully saturated rings. The van der Waals surface area contributed by atoms with Crippen LogP contribution in [0.3, 0.4) is 0 Å². The van der Waals surface area contributed by atoms with Gasteiger partial charge in [-0.15, -0.1) is 0 Å². The zero-order chi connectivity index (χ0) is 12.4. The van der Waals surface area contributed by atoms with Gasteiger partial charge in [0.2, 0.25) is 0 Å². The number of aromatic nitrogens is 2. The number of hydrogen-bond acceptors (Lipinski definition) is 4. The van der Waals surface area contributed by atoms with Crippen molar-refractivity contribution in [3.05, 3.63) is 17.0 Å². The first-order chi connectivity index (χ1) is 8.88. The molecule has 1 aromatic heterocycles. The molecule has 0 spiro atoms. The van der Waals surface area contributed by atoms with E-state index in [1.165, 1.54) is 17.0 Å². The molecule has 18 heavy (non-hydrogen) atoms. The van der Waals surface area contributed by atoms with Gasteiger partial charge < -0.3 is 10.1 Å². The summed E-state index contributed by atoms with van der Waals surface area (Å²) in [6.45, 7) is 10.1. The van der Waals surface area contributed by atoms with E-state index in [9.17, 15) is 0 Å². The van der Waals surface area contributed by atoms with Crippen molar-refractivity contribution in [1.29, 1.82) is 0 Å². The lowest BCUT2D eigenvalue weighted by Crippen LogP contribution is -2.43. The summed E-state index contributed by atoms with van der Waals surface area (Å²) in [6, 6.07) is 0. The molecule has 100 valence electrons. The van der Waals surface area contributed by atoms with Gasteiger partial charge in [-0.05, 0) is 6.92 Å². The van der Waals surface area contributed by atoms with Crippen molar-refractivity contribution in [1.82, 2.24) is 20.0 Å². The highest BCUT2D eigenvalue weighted by atomic mass is 16.5. The van der Waals surface area contributed by atoms with E-state index in [1.807, 2.05) is 0 Å². The molecule has 0 atom stereocenters. The number of nitrogens with zero attached hydrogens (tertiary/aromatic N) is 3. The summed E-state index contributed by atoms with van der Waals surface area (Å²) in [5, 5.41) is 8.17. The standard InChI is InChI=1S/C13H22N4O/c1-2-17-13-3-8-18-10-11(13)12(15-17)9-16-6-4-14-5-7-16/h14H,2-10H2,1H3. The number of nitrogens with one attached hydrogen (secondary N) is 1. The van der Waals surface area contributed by atoms with Crippen molar-refractivity contribution in [2.24, 2.45) is 0 Å². The van der Waals surface area contributed by atoms with Crippen LogP contribution >= 0.6 is 0 Å². The van der Waals surface area contributed by atoms with Crippen LogP contribution < -0.4 is 5.32 Å². The van der Waals surface area contributed by atoms with Gasteiger partial charge in [0.05, 0.1) is 18.9 Å². The molecule has 0 aliphatic carbocycles. The molecule has 1 N–H and O–H groups in total. The third-order valence-corrected chi connectivity index (χ3v) is 3.86. The lowest BCUT2D eigenvalue weighted by molar-refractivity contribution is 0.107. The third-order valence-electron chi connectivity index (χ3n) is 3.86. The molecule has 3 rings (SSSR count). The van der Waals surface area contributed by atoms with Crippen molar-refractivity contribution in [2.75, 3.05) is 32.8 Å².